The van der Waals surface area contributed by atoms with Crippen LogP contribution in [0.1, 0.15) is 60.0 Å². The highest BCUT2D eigenvalue weighted by atomic mass is 19.4. The average molecular weight is 658 g/mol. The average Bonchev–Trinajstić information content (AvgIpc) is 3.54. The van der Waals surface area contributed by atoms with Gasteiger partial charge in [0, 0.05) is 37.3 Å². The SMILES string of the molecule is CN(C[C@@H]1C[C@H](c2ccc(CO)cc2)O[C@H](c2ccc(NC(=O)[C@@H]3CCCN3C(=O)C(F)(F)F)cc2)O1)C[C@@H](O)c1cccc(O)c1. The largest absolute Gasteiger partial charge is 0.508 e. The number of halogens is 3. The van der Waals surface area contributed by atoms with Crippen LogP contribution in [0.15, 0.2) is 72.8 Å². The topological polar surface area (TPSA) is 132 Å². The molecule has 13 heteroatoms. The lowest BCUT2D eigenvalue weighted by Crippen LogP contribution is -2.48. The van der Waals surface area contributed by atoms with Gasteiger partial charge in [0.15, 0.2) is 6.29 Å². The van der Waals surface area contributed by atoms with Gasteiger partial charge >= 0.3 is 12.1 Å². The van der Waals surface area contributed by atoms with E-state index in [-0.39, 0.29) is 44.1 Å². The summed E-state index contributed by atoms with van der Waals surface area (Å²) in [5.74, 6) is -2.65. The van der Waals surface area contributed by atoms with Crippen LogP contribution in [0.2, 0.25) is 0 Å². The number of nitrogens with zero attached hydrogens (tertiary/aromatic N) is 2. The van der Waals surface area contributed by atoms with Gasteiger partial charge in [-0.3, -0.25) is 9.59 Å². The van der Waals surface area contributed by atoms with E-state index in [0.717, 1.165) is 11.1 Å². The lowest BCUT2D eigenvalue weighted by Gasteiger charge is -2.38. The number of ether oxygens (including phenoxy) is 2. The number of aromatic hydroxyl groups is 1. The number of hydrogen-bond donors (Lipinski definition) is 4. The van der Waals surface area contributed by atoms with Crippen molar-refractivity contribution in [3.63, 3.8) is 0 Å². The third kappa shape index (κ3) is 8.67. The summed E-state index contributed by atoms with van der Waals surface area (Å²) in [6, 6.07) is 19.2. The smallest absolute Gasteiger partial charge is 0.471 e. The van der Waals surface area contributed by atoms with Gasteiger partial charge < -0.3 is 39.9 Å². The lowest BCUT2D eigenvalue weighted by atomic mass is 9.99. The Balaban J connectivity index is 1.27. The second-order valence-corrected chi connectivity index (χ2v) is 11.9. The number of rotatable bonds is 10. The fraction of sp³-hybridized carbons (Fsp3) is 0.412. The van der Waals surface area contributed by atoms with Crippen molar-refractivity contribution in [1.82, 2.24) is 9.80 Å². The number of carbonyl (C=O) groups is 2. The molecular weight excluding hydrogens is 619 g/mol. The normalized spacial score (nSPS) is 22.3. The molecule has 2 saturated heterocycles. The van der Waals surface area contributed by atoms with Gasteiger partial charge in [0.25, 0.3) is 0 Å². The molecule has 252 valence electrons. The molecule has 10 nitrogen and oxygen atoms in total. The minimum absolute atomic E-state index is 0.0671. The van der Waals surface area contributed by atoms with Gasteiger partial charge in [0.1, 0.15) is 11.8 Å². The molecule has 5 atom stereocenters. The van der Waals surface area contributed by atoms with E-state index >= 15 is 0 Å². The fourth-order valence-electron chi connectivity index (χ4n) is 5.98. The van der Waals surface area contributed by atoms with Gasteiger partial charge in [-0.05, 0) is 60.8 Å². The number of phenols is 1. The Bertz CT molecular complexity index is 1520. The van der Waals surface area contributed by atoms with Crippen LogP contribution in [0.4, 0.5) is 18.9 Å². The van der Waals surface area contributed by atoms with E-state index in [2.05, 4.69) is 5.32 Å². The zero-order chi connectivity index (χ0) is 33.7. The van der Waals surface area contributed by atoms with Crippen LogP contribution in [0.25, 0.3) is 0 Å². The first kappa shape index (κ1) is 34.3. The molecule has 5 rings (SSSR count). The van der Waals surface area contributed by atoms with E-state index in [9.17, 15) is 38.1 Å². The minimum Gasteiger partial charge on any atom is -0.508 e. The molecule has 3 aromatic carbocycles. The summed E-state index contributed by atoms with van der Waals surface area (Å²) < 4.78 is 51.8. The van der Waals surface area contributed by atoms with Gasteiger partial charge in [-0.15, -0.1) is 0 Å². The van der Waals surface area contributed by atoms with Gasteiger partial charge in [-0.2, -0.15) is 13.2 Å². The molecule has 2 fully saturated rings. The molecule has 0 aromatic heterocycles. The first-order chi connectivity index (χ1) is 22.4. The summed E-state index contributed by atoms with van der Waals surface area (Å²) in [6.07, 6.45) is -6.45. The Morgan fingerprint density at radius 3 is 2.40 bits per heavy atom. The number of phenolic OH excluding ortho intramolecular Hbond substituents is 1. The quantitative estimate of drug-likeness (QED) is 0.249. The Morgan fingerprint density at radius 2 is 1.74 bits per heavy atom. The van der Waals surface area contributed by atoms with Gasteiger partial charge in [-0.1, -0.05) is 48.5 Å². The van der Waals surface area contributed by atoms with Crippen LogP contribution in [0.3, 0.4) is 0 Å². The number of anilines is 1. The predicted octanol–water partition coefficient (Wildman–Crippen LogP) is 4.59. The minimum atomic E-state index is -5.05. The second kappa shape index (κ2) is 14.8. The molecule has 0 spiro atoms. The molecule has 2 aliphatic heterocycles. The van der Waals surface area contributed by atoms with E-state index in [1.54, 1.807) is 36.4 Å². The monoisotopic (exact) mass is 657 g/mol. The number of alkyl halides is 3. The van der Waals surface area contributed by atoms with E-state index in [4.69, 9.17) is 9.47 Å². The van der Waals surface area contributed by atoms with Crippen molar-refractivity contribution >= 4 is 17.5 Å². The first-order valence-corrected chi connectivity index (χ1v) is 15.4. The number of nitrogens with one attached hydrogen (secondary N) is 1. The molecule has 0 aliphatic carbocycles. The highest BCUT2D eigenvalue weighted by Gasteiger charge is 2.47. The number of amides is 2. The van der Waals surface area contributed by atoms with Crippen molar-refractivity contribution in [1.29, 1.82) is 0 Å². The van der Waals surface area contributed by atoms with Gasteiger partial charge in [0.2, 0.25) is 5.91 Å². The summed E-state index contributed by atoms with van der Waals surface area (Å²) in [6.45, 7) is 0.503. The summed E-state index contributed by atoms with van der Waals surface area (Å²) >= 11 is 0. The Hall–Kier alpha value is -4.01. The maximum Gasteiger partial charge on any atom is 0.471 e. The number of aliphatic hydroxyl groups is 2. The zero-order valence-electron chi connectivity index (χ0n) is 25.8. The van der Waals surface area contributed by atoms with Crippen molar-refractivity contribution in [3.05, 3.63) is 95.1 Å². The molecule has 4 N–H and O–H groups in total. The number of likely N-dealkylation sites (N-methyl/N-ethyl adjacent to an activating group) is 1. The molecular formula is C34H38F3N3O7. The maximum absolute atomic E-state index is 13.0. The van der Waals surface area contributed by atoms with Gasteiger partial charge in [-0.25, -0.2) is 0 Å². The number of likely N-dealkylation sites (tertiary alicyclic amines) is 1. The van der Waals surface area contributed by atoms with Crippen molar-refractivity contribution in [2.45, 2.75) is 62.7 Å². The molecule has 0 unspecified atom stereocenters. The van der Waals surface area contributed by atoms with Crippen LogP contribution in [0, 0.1) is 0 Å². The van der Waals surface area contributed by atoms with Crippen LogP contribution in [0.5, 0.6) is 5.75 Å². The Kier molecular flexibility index (Phi) is 10.8. The number of benzene rings is 3. The molecule has 3 aromatic rings. The number of aliphatic hydroxyl groups excluding tert-OH is 2. The van der Waals surface area contributed by atoms with E-state index in [1.165, 1.54) is 12.1 Å². The van der Waals surface area contributed by atoms with Crippen molar-refractivity contribution in [2.24, 2.45) is 0 Å². The maximum atomic E-state index is 13.0. The standard InChI is InChI=1S/C34H38F3N3O7/c1-39(19-29(43)24-4-2-5-26(42)16-24)18-27-17-30(22-9-7-21(20-41)8-10-22)47-32(46-27)23-11-13-25(14-12-23)38-31(44)28-6-3-15-40(28)33(45)34(35,36)37/h2,4-5,7-14,16,27-30,32,41-43H,3,6,15,17-20H2,1H3,(H,38,44)/t27-,28-,29+,30+,32+/m0/s1. The summed E-state index contributed by atoms with van der Waals surface area (Å²) in [4.78, 5) is 27.1. The number of hydrogen-bond acceptors (Lipinski definition) is 8. The Morgan fingerprint density at radius 1 is 1.04 bits per heavy atom. The van der Waals surface area contributed by atoms with Crippen LogP contribution in [-0.4, -0.2) is 81.9 Å². The zero-order valence-corrected chi connectivity index (χ0v) is 25.8. The third-order valence-corrected chi connectivity index (χ3v) is 8.38. The van der Waals surface area contributed by atoms with Gasteiger partial charge in [0.05, 0.1) is 24.9 Å². The molecule has 0 bridgehead atoms. The molecule has 2 heterocycles. The second-order valence-electron chi connectivity index (χ2n) is 11.9. The van der Waals surface area contributed by atoms with Crippen LogP contribution in [-0.2, 0) is 25.7 Å². The van der Waals surface area contributed by atoms with Crippen molar-refractivity contribution < 1.29 is 47.6 Å². The first-order valence-electron chi connectivity index (χ1n) is 15.4. The summed E-state index contributed by atoms with van der Waals surface area (Å²) in [5.41, 5.74) is 3.22. The molecule has 2 aliphatic rings. The van der Waals surface area contributed by atoms with Crippen LogP contribution < -0.4 is 5.32 Å². The third-order valence-electron chi connectivity index (χ3n) is 8.38. The predicted molar refractivity (Wildman–Crippen MR) is 165 cm³/mol. The molecule has 0 saturated carbocycles. The Labute approximate surface area is 270 Å². The van der Waals surface area contributed by atoms with E-state index in [0.29, 0.717) is 41.1 Å². The highest BCUT2D eigenvalue weighted by molar-refractivity contribution is 5.98. The summed E-state index contributed by atoms with van der Waals surface area (Å²) in [7, 11) is 1.86. The molecule has 2 amide bonds. The molecule has 0 radical (unpaired) electrons. The summed E-state index contributed by atoms with van der Waals surface area (Å²) in [5, 5.41) is 32.6. The highest BCUT2D eigenvalue weighted by Crippen LogP contribution is 2.38. The number of carbonyl (C=O) groups excluding carboxylic acids is 2. The van der Waals surface area contributed by atoms with E-state index < -0.39 is 36.4 Å². The fourth-order valence-corrected chi connectivity index (χ4v) is 5.98. The lowest BCUT2D eigenvalue weighted by molar-refractivity contribution is -0.252. The molecule has 47 heavy (non-hydrogen) atoms. The van der Waals surface area contributed by atoms with Crippen molar-refractivity contribution in [2.75, 3.05) is 32.0 Å². The van der Waals surface area contributed by atoms with Crippen LogP contribution >= 0.6 is 0 Å². The van der Waals surface area contributed by atoms with Crippen molar-refractivity contribution in [3.8, 4) is 5.75 Å². The van der Waals surface area contributed by atoms with E-state index in [1.807, 2.05) is 36.2 Å².